The van der Waals surface area contributed by atoms with Gasteiger partial charge in [-0.05, 0) is 115 Å². The summed E-state index contributed by atoms with van der Waals surface area (Å²) < 4.78 is 2.53. The fourth-order valence-corrected chi connectivity index (χ4v) is 8.68. The van der Waals surface area contributed by atoms with Crippen molar-refractivity contribution in [2.75, 3.05) is 0 Å². The van der Waals surface area contributed by atoms with Crippen molar-refractivity contribution in [2.24, 2.45) is 0 Å². The van der Waals surface area contributed by atoms with Crippen molar-refractivity contribution < 1.29 is 0 Å². The third kappa shape index (κ3) is 5.24. The highest BCUT2D eigenvalue weighted by molar-refractivity contribution is 6.18. The summed E-state index contributed by atoms with van der Waals surface area (Å²) in [5, 5.41) is 2.51. The molecule has 1 nitrogen and oxygen atoms in total. The number of hydrogen-bond donors (Lipinski definition) is 0. The Balaban J connectivity index is 1.17. The van der Waals surface area contributed by atoms with Gasteiger partial charge in [-0.25, -0.2) is 0 Å². The number of benzene rings is 9. The summed E-state index contributed by atoms with van der Waals surface area (Å²) in [4.78, 5) is 0. The summed E-state index contributed by atoms with van der Waals surface area (Å²) >= 11 is 0. The van der Waals surface area contributed by atoms with E-state index in [0.717, 1.165) is 0 Å². The van der Waals surface area contributed by atoms with Crippen LogP contribution in [-0.2, 0) is 0 Å². The molecular weight excluding hydrogens is 663 g/mol. The molecule has 0 amide bonds. The van der Waals surface area contributed by atoms with Crippen molar-refractivity contribution in [1.29, 1.82) is 0 Å². The molecule has 0 aliphatic carbocycles. The van der Waals surface area contributed by atoms with Gasteiger partial charge in [-0.15, -0.1) is 0 Å². The average molecular weight is 698 g/mol. The van der Waals surface area contributed by atoms with Gasteiger partial charge in [0.1, 0.15) is 0 Å². The number of hydrogen-bond acceptors (Lipinski definition) is 0. The summed E-state index contributed by atoms with van der Waals surface area (Å²) in [6.45, 7) is 0. The van der Waals surface area contributed by atoms with Crippen LogP contribution in [0.3, 0.4) is 0 Å². The maximum absolute atomic E-state index is 2.53. The van der Waals surface area contributed by atoms with E-state index in [0.29, 0.717) is 0 Å². The first-order chi connectivity index (χ1) is 27.3. The van der Waals surface area contributed by atoms with Gasteiger partial charge >= 0.3 is 0 Å². The van der Waals surface area contributed by atoms with E-state index in [1.807, 2.05) is 0 Å². The fourth-order valence-electron chi connectivity index (χ4n) is 8.68. The molecule has 256 valence electrons. The SMILES string of the molecule is c1ccc(-c2cccc(-c3ccc4c(c3)-c3ccccc3-c3cc(-c5ccccc5)cc5c6cc(-c7cccc(-c8ccccc8)c7)ccc6n-4c35)c2)cc1. The quantitative estimate of drug-likeness (QED) is 0.169. The molecule has 10 aromatic rings. The highest BCUT2D eigenvalue weighted by Crippen LogP contribution is 2.49. The lowest BCUT2D eigenvalue weighted by Crippen LogP contribution is -1.96. The molecular formula is C54H35N. The second-order valence-electron chi connectivity index (χ2n) is 14.5. The maximum Gasteiger partial charge on any atom is 0.0620 e. The molecule has 0 bridgehead atoms. The molecule has 1 aliphatic rings. The van der Waals surface area contributed by atoms with Crippen molar-refractivity contribution >= 4 is 21.8 Å². The first kappa shape index (κ1) is 31.3. The van der Waals surface area contributed by atoms with Gasteiger partial charge in [0.05, 0.1) is 16.7 Å². The predicted octanol–water partition coefficient (Wildman–Crippen LogP) is 14.8. The fraction of sp³-hybridized carbons (Fsp3) is 0. The Labute approximate surface area is 321 Å². The van der Waals surface area contributed by atoms with E-state index in [1.54, 1.807) is 0 Å². The molecule has 11 rings (SSSR count). The summed E-state index contributed by atoms with van der Waals surface area (Å²) in [6, 6.07) is 77.8. The van der Waals surface area contributed by atoms with Crippen LogP contribution in [0.15, 0.2) is 212 Å². The molecule has 0 spiro atoms. The third-order valence-electron chi connectivity index (χ3n) is 11.3. The van der Waals surface area contributed by atoms with Gasteiger partial charge in [-0.1, -0.05) is 164 Å². The monoisotopic (exact) mass is 697 g/mol. The molecule has 2 heterocycles. The zero-order chi connectivity index (χ0) is 36.3. The Morgan fingerprint density at radius 3 is 1.25 bits per heavy atom. The lowest BCUT2D eigenvalue weighted by molar-refractivity contribution is 1.19. The Kier molecular flexibility index (Phi) is 7.25. The zero-order valence-corrected chi connectivity index (χ0v) is 30.2. The van der Waals surface area contributed by atoms with E-state index < -0.39 is 0 Å². The molecule has 0 fully saturated rings. The second-order valence-corrected chi connectivity index (χ2v) is 14.5. The van der Waals surface area contributed by atoms with Crippen LogP contribution < -0.4 is 0 Å². The van der Waals surface area contributed by atoms with Gasteiger partial charge in [0.25, 0.3) is 0 Å². The minimum Gasteiger partial charge on any atom is -0.308 e. The first-order valence-electron chi connectivity index (χ1n) is 19.0. The van der Waals surface area contributed by atoms with E-state index in [4.69, 9.17) is 0 Å². The van der Waals surface area contributed by atoms with E-state index in [9.17, 15) is 0 Å². The van der Waals surface area contributed by atoms with E-state index in [-0.39, 0.29) is 0 Å². The minimum atomic E-state index is 1.19. The van der Waals surface area contributed by atoms with Gasteiger partial charge < -0.3 is 4.57 Å². The van der Waals surface area contributed by atoms with Crippen molar-refractivity contribution in [2.45, 2.75) is 0 Å². The predicted molar refractivity (Wildman–Crippen MR) is 232 cm³/mol. The van der Waals surface area contributed by atoms with Gasteiger partial charge in [-0.2, -0.15) is 0 Å². The summed E-state index contributed by atoms with van der Waals surface area (Å²) in [7, 11) is 0. The summed E-state index contributed by atoms with van der Waals surface area (Å²) in [5.41, 5.74) is 20.8. The average Bonchev–Trinajstić information content (AvgIpc) is 3.54. The molecule has 0 saturated heterocycles. The second kappa shape index (κ2) is 12.7. The molecule has 1 heteroatoms. The van der Waals surface area contributed by atoms with Crippen LogP contribution in [0.25, 0.3) is 105 Å². The molecule has 9 aromatic carbocycles. The van der Waals surface area contributed by atoms with E-state index in [2.05, 4.69) is 217 Å². The van der Waals surface area contributed by atoms with Gasteiger partial charge in [-0.3, -0.25) is 0 Å². The molecule has 0 radical (unpaired) electrons. The van der Waals surface area contributed by atoms with Crippen LogP contribution in [0, 0.1) is 0 Å². The molecule has 1 aliphatic heterocycles. The summed E-state index contributed by atoms with van der Waals surface area (Å²) in [6.07, 6.45) is 0. The number of rotatable bonds is 5. The normalized spacial score (nSPS) is 11.6. The third-order valence-corrected chi connectivity index (χ3v) is 11.3. The summed E-state index contributed by atoms with van der Waals surface area (Å²) in [5.74, 6) is 0. The Morgan fingerprint density at radius 2 is 0.655 bits per heavy atom. The zero-order valence-electron chi connectivity index (χ0n) is 30.2. The van der Waals surface area contributed by atoms with E-state index in [1.165, 1.54) is 105 Å². The van der Waals surface area contributed by atoms with Crippen molar-refractivity contribution in [3.05, 3.63) is 212 Å². The van der Waals surface area contributed by atoms with Crippen molar-refractivity contribution in [3.63, 3.8) is 0 Å². The van der Waals surface area contributed by atoms with Crippen LogP contribution in [0.2, 0.25) is 0 Å². The minimum absolute atomic E-state index is 1.19. The molecule has 55 heavy (non-hydrogen) atoms. The molecule has 0 atom stereocenters. The molecule has 0 N–H and O–H groups in total. The standard InChI is InChI=1S/C54H35N/c1-4-14-36(15-5-1)39-20-12-22-41(30-39)43-26-28-52-48(32-43)46-24-10-11-25-47(46)50-34-45(38-18-8-3-9-19-38)35-51-49-33-44(27-29-53(49)55(52)54(50)51)42-23-13-21-40(31-42)37-16-6-2-7-17-37/h1-35H. The van der Waals surface area contributed by atoms with Crippen LogP contribution in [-0.4, -0.2) is 4.57 Å². The Morgan fingerprint density at radius 1 is 0.236 bits per heavy atom. The Hall–Kier alpha value is -7.22. The van der Waals surface area contributed by atoms with Crippen LogP contribution >= 0.6 is 0 Å². The molecule has 0 saturated carbocycles. The Bertz CT molecular complexity index is 3060. The van der Waals surface area contributed by atoms with Crippen LogP contribution in [0.1, 0.15) is 0 Å². The highest BCUT2D eigenvalue weighted by atomic mass is 15.0. The highest BCUT2D eigenvalue weighted by Gasteiger charge is 2.26. The van der Waals surface area contributed by atoms with Crippen LogP contribution in [0.4, 0.5) is 0 Å². The van der Waals surface area contributed by atoms with Gasteiger partial charge in [0.2, 0.25) is 0 Å². The van der Waals surface area contributed by atoms with Gasteiger partial charge in [0.15, 0.2) is 0 Å². The van der Waals surface area contributed by atoms with E-state index >= 15 is 0 Å². The largest absolute Gasteiger partial charge is 0.308 e. The number of nitrogens with zero attached hydrogens (tertiary/aromatic N) is 1. The lowest BCUT2D eigenvalue weighted by Gasteiger charge is -2.15. The smallest absolute Gasteiger partial charge is 0.0620 e. The van der Waals surface area contributed by atoms with Crippen molar-refractivity contribution in [3.8, 4) is 83.6 Å². The molecule has 0 unspecified atom stereocenters. The van der Waals surface area contributed by atoms with Crippen molar-refractivity contribution in [1.82, 2.24) is 4.57 Å². The maximum atomic E-state index is 2.53. The number of aromatic nitrogens is 1. The molecule has 1 aromatic heterocycles. The van der Waals surface area contributed by atoms with Gasteiger partial charge in [0, 0.05) is 21.9 Å². The number of fused-ring (bicyclic) bond motifs is 8. The van der Waals surface area contributed by atoms with Crippen LogP contribution in [0.5, 0.6) is 0 Å². The topological polar surface area (TPSA) is 4.93 Å². The lowest BCUT2D eigenvalue weighted by atomic mass is 9.89. The first-order valence-corrected chi connectivity index (χ1v) is 19.0.